The fraction of sp³-hybridized carbons (Fsp3) is 0.800. The van der Waals surface area contributed by atoms with E-state index in [2.05, 4.69) is 115 Å². The van der Waals surface area contributed by atoms with E-state index in [4.69, 9.17) is 9.47 Å². The van der Waals surface area contributed by atoms with Crippen LogP contribution >= 0.6 is 0 Å². The Balaban J connectivity index is 0.000000195. The number of hydrogen-bond acceptors (Lipinski definition) is 6. The van der Waals surface area contributed by atoms with Gasteiger partial charge in [0.15, 0.2) is 0 Å². The average Bonchev–Trinajstić information content (AvgIpc) is 3.68. The minimum atomic E-state index is -1.62. The van der Waals surface area contributed by atoms with Crippen molar-refractivity contribution in [3.05, 3.63) is 47.0 Å². The Morgan fingerprint density at radius 3 is 1.61 bits per heavy atom. The van der Waals surface area contributed by atoms with Gasteiger partial charge in [0.05, 0.1) is 35.9 Å². The zero-order valence-electron chi connectivity index (χ0n) is 42.7. The van der Waals surface area contributed by atoms with Gasteiger partial charge in [-0.1, -0.05) is 90.8 Å². The van der Waals surface area contributed by atoms with Gasteiger partial charge in [0.1, 0.15) is 19.5 Å². The van der Waals surface area contributed by atoms with Crippen LogP contribution in [0.15, 0.2) is 47.0 Å². The Morgan fingerprint density at radius 1 is 0.656 bits per heavy atom. The molecule has 4 saturated carbocycles. The summed E-state index contributed by atoms with van der Waals surface area (Å²) in [5.74, 6) is 9.29. The zero-order chi connectivity index (χ0) is 46.9. The first-order valence-corrected chi connectivity index (χ1v) is 37.0. The summed E-state index contributed by atoms with van der Waals surface area (Å²) in [6.45, 7) is 31.0. The van der Waals surface area contributed by atoms with Crippen molar-refractivity contribution in [3.8, 4) is 11.5 Å². The van der Waals surface area contributed by atoms with E-state index in [1.54, 1.807) is 0 Å². The molecule has 0 heterocycles. The van der Waals surface area contributed by atoms with Crippen molar-refractivity contribution in [2.24, 2.45) is 58.2 Å². The van der Waals surface area contributed by atoms with Crippen LogP contribution < -0.4 is 0 Å². The molecule has 8 aliphatic carbocycles. The van der Waals surface area contributed by atoms with Crippen LogP contribution in [0.25, 0.3) is 0 Å². The molecule has 13 atom stereocenters. The van der Waals surface area contributed by atoms with Gasteiger partial charge in [0.25, 0.3) is 0 Å². The van der Waals surface area contributed by atoms with Gasteiger partial charge in [-0.3, -0.25) is 4.79 Å². The molecule has 0 amide bonds. The van der Waals surface area contributed by atoms with Gasteiger partial charge >= 0.3 is 0 Å². The van der Waals surface area contributed by atoms with Crippen LogP contribution in [0, 0.1) is 69.6 Å². The zero-order valence-corrected chi connectivity index (χ0v) is 45.7. The number of Topliss-reactive ketones (excluding diaryl/α,β-unsaturated/α-hetero) is 1. The molecule has 8 aliphatic rings. The molecule has 4 fully saturated rings. The van der Waals surface area contributed by atoms with Gasteiger partial charge in [0.2, 0.25) is 0 Å². The standard InChI is InChI=1S/C30H50O3Si2.C25H40O3Si/c1-9-28-20-29(31,21-35(6,7)8)27-24-14-12-23(33-10-2)19-22(24)11-13-25(27)26(28)15-16-30(28,32)17-18-34(3,4)5;1-6-24-15-25(27,16-29(3,4)5)23-19-11-9-18(28-7-2)14-17(19)8-10-20(23)21(24)12-13-22(24)26/h11,19,24-27,31-32H,9-10,12-16,20-21H2,1-8H3;8,14,19-21,23,27H,6-7,9-13,15-16H2,1-5H3/t24?,25?,26?,27?,28-,29?,30+;19?,20?,21?,23?,24-,25?/m00/s1. The first-order valence-electron chi connectivity index (χ1n) is 26.1. The summed E-state index contributed by atoms with van der Waals surface area (Å²) in [4.78, 5) is 13.1. The molecule has 9 heteroatoms. The van der Waals surface area contributed by atoms with Crippen molar-refractivity contribution in [2.45, 2.75) is 205 Å². The second kappa shape index (κ2) is 18.0. The molecule has 358 valence electrons. The van der Waals surface area contributed by atoms with E-state index in [-0.39, 0.29) is 16.7 Å². The van der Waals surface area contributed by atoms with Crippen molar-refractivity contribution in [3.63, 3.8) is 0 Å². The Kier molecular flexibility index (Phi) is 14.1. The monoisotopic (exact) mass is 931 g/mol. The van der Waals surface area contributed by atoms with E-state index in [0.29, 0.717) is 66.7 Å². The number of allylic oxidation sites excluding steroid dienone is 8. The normalized spacial score (nSPS) is 41.3. The van der Waals surface area contributed by atoms with Crippen LogP contribution in [0.3, 0.4) is 0 Å². The van der Waals surface area contributed by atoms with Crippen LogP contribution in [0.1, 0.15) is 118 Å². The number of ether oxygens (including phenoxy) is 2. The molecular formula is C55H90O6Si3. The van der Waals surface area contributed by atoms with Crippen LogP contribution in [0.5, 0.6) is 0 Å². The largest absolute Gasteiger partial charge is 0.498 e. The van der Waals surface area contributed by atoms with Crippen LogP contribution in [0.2, 0.25) is 71.0 Å². The maximum atomic E-state index is 13.1. The van der Waals surface area contributed by atoms with Gasteiger partial charge in [0, 0.05) is 46.2 Å². The quantitative estimate of drug-likeness (QED) is 0.149. The molecule has 0 aromatic heterocycles. The highest BCUT2D eigenvalue weighted by Gasteiger charge is 2.70. The van der Waals surface area contributed by atoms with E-state index in [1.807, 2.05) is 6.92 Å². The lowest BCUT2D eigenvalue weighted by molar-refractivity contribution is -0.187. The number of fused-ring (bicyclic) bond motifs is 10. The Bertz CT molecular complexity index is 1950. The lowest BCUT2D eigenvalue weighted by atomic mass is 9.46. The molecule has 0 aromatic rings. The summed E-state index contributed by atoms with van der Waals surface area (Å²) < 4.78 is 11.7. The molecule has 6 nitrogen and oxygen atoms in total. The number of hydrogen-bond donors (Lipinski definition) is 3. The highest BCUT2D eigenvalue weighted by atomic mass is 28.3. The third-order valence-electron chi connectivity index (χ3n) is 18.0. The molecule has 0 radical (unpaired) electrons. The van der Waals surface area contributed by atoms with Crippen molar-refractivity contribution in [2.75, 3.05) is 13.2 Å². The molecular weight excluding hydrogens is 841 g/mol. The Hall–Kier alpha value is -1.68. The van der Waals surface area contributed by atoms with Gasteiger partial charge < -0.3 is 24.8 Å². The van der Waals surface area contributed by atoms with Gasteiger partial charge in [-0.15, -0.1) is 5.54 Å². The fourth-order valence-corrected chi connectivity index (χ4v) is 21.5. The topological polar surface area (TPSA) is 96.2 Å². The SMILES string of the molecule is CCOC1=CC2=CCC3C(C2CC1)C(O)(C[Si](C)(C)C)C[C@@]1(CC)C3CC[C@@]1(O)C#C[Si](C)(C)C.CCOC1=CC2=CCC3C(C2CC1)C(O)(C[Si](C)(C)C)C[C@]1(CC)C(=O)CCC31. The van der Waals surface area contributed by atoms with Crippen molar-refractivity contribution >= 4 is 30.0 Å². The molecule has 8 rings (SSSR count). The summed E-state index contributed by atoms with van der Waals surface area (Å²) in [6, 6.07) is 1.81. The molecule has 10 unspecified atom stereocenters. The fourth-order valence-electron chi connectivity index (χ4n) is 16.5. The number of rotatable bonds is 10. The average molecular weight is 932 g/mol. The van der Waals surface area contributed by atoms with Crippen LogP contribution in [-0.2, 0) is 14.3 Å². The molecule has 3 N–H and O–H groups in total. The van der Waals surface area contributed by atoms with E-state index in [0.717, 1.165) is 107 Å². The van der Waals surface area contributed by atoms with E-state index in [1.165, 1.54) is 11.1 Å². The first-order chi connectivity index (χ1) is 29.8. The Labute approximate surface area is 393 Å². The summed E-state index contributed by atoms with van der Waals surface area (Å²) in [5.41, 5.74) is 3.29. The van der Waals surface area contributed by atoms with Crippen molar-refractivity contribution in [1.82, 2.24) is 0 Å². The van der Waals surface area contributed by atoms with Gasteiger partial charge in [-0.05, 0) is 167 Å². The molecule has 0 spiro atoms. The third kappa shape index (κ3) is 9.27. The van der Waals surface area contributed by atoms with Crippen LogP contribution in [-0.4, -0.2) is 75.3 Å². The van der Waals surface area contributed by atoms with Crippen molar-refractivity contribution < 1.29 is 29.6 Å². The number of carbonyl (C=O) groups excluding carboxylic acids is 1. The first kappa shape index (κ1) is 50.2. The van der Waals surface area contributed by atoms with Gasteiger partial charge in [-0.25, -0.2) is 0 Å². The molecule has 0 bridgehead atoms. The van der Waals surface area contributed by atoms with E-state index in [9.17, 15) is 20.1 Å². The lowest BCUT2D eigenvalue weighted by Crippen LogP contribution is -2.64. The lowest BCUT2D eigenvalue weighted by Gasteiger charge is -2.62. The summed E-state index contributed by atoms with van der Waals surface area (Å²) in [5, 5.41) is 37.4. The van der Waals surface area contributed by atoms with E-state index < -0.39 is 41.0 Å². The minimum absolute atomic E-state index is 0.269. The summed E-state index contributed by atoms with van der Waals surface area (Å²) >= 11 is 0. The smallest absolute Gasteiger partial charge is 0.139 e. The summed E-state index contributed by atoms with van der Waals surface area (Å²) in [6.07, 6.45) is 22.3. The molecule has 0 saturated heterocycles. The maximum Gasteiger partial charge on any atom is 0.139 e. The second-order valence-electron chi connectivity index (χ2n) is 25.8. The predicted molar refractivity (Wildman–Crippen MR) is 272 cm³/mol. The molecule has 0 aliphatic heterocycles. The Morgan fingerprint density at radius 2 is 1.16 bits per heavy atom. The number of aliphatic hydroxyl groups is 3. The second-order valence-corrected chi connectivity index (χ2v) is 41.5. The summed E-state index contributed by atoms with van der Waals surface area (Å²) in [7, 11) is -4.71. The number of ketones is 1. The predicted octanol–water partition coefficient (Wildman–Crippen LogP) is 12.5. The van der Waals surface area contributed by atoms with Crippen LogP contribution in [0.4, 0.5) is 0 Å². The van der Waals surface area contributed by atoms with E-state index >= 15 is 0 Å². The minimum Gasteiger partial charge on any atom is -0.498 e. The van der Waals surface area contributed by atoms with Gasteiger partial charge in [-0.2, -0.15) is 0 Å². The highest BCUT2D eigenvalue weighted by molar-refractivity contribution is 6.83. The highest BCUT2D eigenvalue weighted by Crippen LogP contribution is 2.70. The van der Waals surface area contributed by atoms with Crippen molar-refractivity contribution in [1.29, 1.82) is 0 Å². The number of carbonyl (C=O) groups is 1. The molecule has 64 heavy (non-hydrogen) atoms. The maximum absolute atomic E-state index is 13.1. The molecule has 0 aromatic carbocycles. The third-order valence-corrected chi connectivity index (χ3v) is 22.2.